The van der Waals surface area contributed by atoms with Gasteiger partial charge in [-0.3, -0.25) is 9.59 Å². The molecular weight excluding hydrogens is 707 g/mol. The van der Waals surface area contributed by atoms with Crippen LogP contribution in [0.5, 0.6) is 23.0 Å². The number of amides is 2. The molecule has 0 spiro atoms. The number of halogens is 2. The van der Waals surface area contributed by atoms with Gasteiger partial charge in [0.1, 0.15) is 23.8 Å². The van der Waals surface area contributed by atoms with Gasteiger partial charge in [0.05, 0.1) is 36.3 Å². The van der Waals surface area contributed by atoms with Crippen LogP contribution in [0.2, 0.25) is 10.0 Å². The first-order chi connectivity index (χ1) is 22.9. The molecule has 3 unspecified atom stereocenters. The summed E-state index contributed by atoms with van der Waals surface area (Å²) in [7, 11) is 0.378. The van der Waals surface area contributed by atoms with Crippen molar-refractivity contribution in [1.29, 1.82) is 0 Å². The number of rotatable bonds is 15. The van der Waals surface area contributed by atoms with Crippen LogP contribution >= 0.6 is 34.0 Å². The highest BCUT2D eigenvalue weighted by atomic mass is 35.5. The molecule has 1 heterocycles. The number of para-hydroxylation sites is 1. The molecule has 0 aromatic heterocycles. The van der Waals surface area contributed by atoms with Crippen molar-refractivity contribution in [1.82, 2.24) is 10.2 Å². The van der Waals surface area contributed by atoms with Crippen molar-refractivity contribution >= 4 is 60.6 Å². The van der Waals surface area contributed by atoms with E-state index in [2.05, 4.69) is 11.9 Å². The monoisotopic (exact) mass is 738 g/mol. The Bertz CT molecular complexity index is 1760. The van der Waals surface area contributed by atoms with Gasteiger partial charge in [-0.05, 0) is 36.8 Å². The van der Waals surface area contributed by atoms with Gasteiger partial charge < -0.3 is 33.9 Å². The van der Waals surface area contributed by atoms with Crippen LogP contribution in [0.4, 0.5) is 0 Å². The molecular formula is C32H32Cl2N2O10S2. The average Bonchev–Trinajstić information content (AvgIpc) is 3.08. The second kappa shape index (κ2) is 15.9. The van der Waals surface area contributed by atoms with Gasteiger partial charge in [-0.2, -0.15) is 0 Å². The molecule has 0 saturated carbocycles. The number of esters is 1. The Morgan fingerprint density at radius 1 is 0.938 bits per heavy atom. The molecule has 1 aliphatic heterocycles. The van der Waals surface area contributed by atoms with Crippen molar-refractivity contribution in [3.05, 3.63) is 88.4 Å². The SMILES string of the molecule is C=C(C)C(C(=O)OCc1c(Cl)c(OC)c(OC)c(OC)c1Cl)N1C(=O)C(NC(=O)COc2ccccc2)C1SS(=O)(=O)c1ccccc1. The molecule has 256 valence electrons. The number of likely N-dealkylation sites (tertiary alicyclic amines) is 1. The standard InChI is InChI=1S/C32H32Cl2N2O10S2/c1-18(2)26(32(39)46-16-21-23(33)27(42-3)29(44-5)28(43-4)24(21)34)36-30(38)25(35-22(37)17-45-19-12-8-6-9-13-19)31(36)47-48(40,41)20-14-10-7-11-15-20/h6-15,25-26,31H,1,16-17H2,2-5H3,(H,35,37). The second-order valence-corrected chi connectivity index (χ2v) is 14.9. The highest BCUT2D eigenvalue weighted by Gasteiger charge is 2.56. The van der Waals surface area contributed by atoms with Crippen LogP contribution in [-0.4, -0.2) is 76.5 Å². The van der Waals surface area contributed by atoms with E-state index in [0.29, 0.717) is 16.5 Å². The molecule has 48 heavy (non-hydrogen) atoms. The predicted octanol–water partition coefficient (Wildman–Crippen LogP) is 4.86. The minimum Gasteiger partial charge on any atom is -0.491 e. The molecule has 1 N–H and O–H groups in total. The molecule has 3 aromatic carbocycles. The molecule has 3 aromatic rings. The Morgan fingerprint density at radius 3 is 2.00 bits per heavy atom. The van der Waals surface area contributed by atoms with Crippen LogP contribution < -0.4 is 24.3 Å². The molecule has 4 rings (SSSR count). The van der Waals surface area contributed by atoms with Crippen molar-refractivity contribution in [2.24, 2.45) is 0 Å². The van der Waals surface area contributed by atoms with E-state index in [1.54, 1.807) is 48.5 Å². The Hall–Kier alpha value is -4.11. The van der Waals surface area contributed by atoms with Gasteiger partial charge in [0.25, 0.3) is 5.91 Å². The van der Waals surface area contributed by atoms with Crippen LogP contribution in [0, 0.1) is 0 Å². The Labute approximate surface area is 291 Å². The molecule has 0 bridgehead atoms. The number of benzene rings is 3. The number of hydrogen-bond donors (Lipinski definition) is 1. The summed E-state index contributed by atoms with van der Waals surface area (Å²) in [5.41, 5.74) is 0.285. The third kappa shape index (κ3) is 7.78. The molecule has 0 radical (unpaired) electrons. The van der Waals surface area contributed by atoms with Gasteiger partial charge in [-0.1, -0.05) is 66.2 Å². The lowest BCUT2D eigenvalue weighted by Crippen LogP contribution is -2.73. The molecule has 1 fully saturated rings. The molecule has 3 atom stereocenters. The van der Waals surface area contributed by atoms with E-state index in [9.17, 15) is 22.8 Å². The molecule has 2 amide bonds. The maximum Gasteiger partial charge on any atom is 0.333 e. The minimum absolute atomic E-state index is 0.0114. The van der Waals surface area contributed by atoms with E-state index in [4.69, 9.17) is 46.9 Å². The van der Waals surface area contributed by atoms with Crippen LogP contribution in [0.15, 0.2) is 77.7 Å². The molecule has 1 aliphatic rings. The fourth-order valence-corrected chi connectivity index (χ4v) is 8.98. The number of ether oxygens (including phenoxy) is 5. The summed E-state index contributed by atoms with van der Waals surface area (Å²) in [4.78, 5) is 41.1. The Balaban J connectivity index is 1.60. The Morgan fingerprint density at radius 2 is 1.48 bits per heavy atom. The number of nitrogens with zero attached hydrogens (tertiary/aromatic N) is 1. The molecule has 16 heteroatoms. The highest BCUT2D eigenvalue weighted by molar-refractivity contribution is 8.72. The third-order valence-electron chi connectivity index (χ3n) is 7.05. The first-order valence-corrected chi connectivity index (χ1v) is 17.7. The largest absolute Gasteiger partial charge is 0.491 e. The zero-order valence-electron chi connectivity index (χ0n) is 26.2. The second-order valence-electron chi connectivity index (χ2n) is 10.2. The van der Waals surface area contributed by atoms with Crippen molar-refractivity contribution in [3.8, 4) is 23.0 Å². The fourth-order valence-electron chi connectivity index (χ4n) is 4.77. The number of carbonyl (C=O) groups is 3. The summed E-state index contributed by atoms with van der Waals surface area (Å²) in [5, 5.41) is 1.25. The van der Waals surface area contributed by atoms with Gasteiger partial charge in [-0.15, -0.1) is 0 Å². The lowest BCUT2D eigenvalue weighted by Gasteiger charge is -2.49. The number of carbonyl (C=O) groups excluding carboxylic acids is 3. The number of β-lactam (4-membered cyclic amide) rings is 1. The summed E-state index contributed by atoms with van der Waals surface area (Å²) >= 11 is 13.0. The minimum atomic E-state index is -4.09. The predicted molar refractivity (Wildman–Crippen MR) is 180 cm³/mol. The van der Waals surface area contributed by atoms with Gasteiger partial charge in [0.2, 0.25) is 20.5 Å². The average molecular weight is 740 g/mol. The number of nitrogens with one attached hydrogen (secondary N) is 1. The number of hydrogen-bond acceptors (Lipinski definition) is 11. The van der Waals surface area contributed by atoms with Crippen molar-refractivity contribution in [2.75, 3.05) is 27.9 Å². The van der Waals surface area contributed by atoms with Crippen molar-refractivity contribution in [3.63, 3.8) is 0 Å². The highest BCUT2D eigenvalue weighted by Crippen LogP contribution is 2.50. The normalized spacial score (nSPS) is 16.3. The first-order valence-electron chi connectivity index (χ1n) is 14.1. The number of methoxy groups -OCH3 is 3. The lowest BCUT2D eigenvalue weighted by molar-refractivity contribution is -0.163. The fraction of sp³-hybridized carbons (Fsp3) is 0.281. The summed E-state index contributed by atoms with van der Waals surface area (Å²) in [6, 6.07) is 13.3. The third-order valence-corrected chi connectivity index (χ3v) is 11.6. The van der Waals surface area contributed by atoms with E-state index >= 15 is 0 Å². The van der Waals surface area contributed by atoms with Gasteiger partial charge in [0.15, 0.2) is 24.1 Å². The van der Waals surface area contributed by atoms with E-state index in [1.807, 2.05) is 0 Å². The van der Waals surface area contributed by atoms with Gasteiger partial charge >= 0.3 is 5.97 Å². The van der Waals surface area contributed by atoms with Crippen LogP contribution in [0.25, 0.3) is 0 Å². The maximum absolute atomic E-state index is 13.6. The van der Waals surface area contributed by atoms with E-state index in [1.165, 1.54) is 40.4 Å². The quantitative estimate of drug-likeness (QED) is 0.0987. The smallest absolute Gasteiger partial charge is 0.333 e. The molecule has 0 aliphatic carbocycles. The van der Waals surface area contributed by atoms with Crippen molar-refractivity contribution < 1.29 is 46.5 Å². The lowest BCUT2D eigenvalue weighted by atomic mass is 9.99. The zero-order chi connectivity index (χ0) is 35.2. The van der Waals surface area contributed by atoms with Crippen LogP contribution in [0.1, 0.15) is 12.5 Å². The topological polar surface area (TPSA) is 147 Å². The first kappa shape index (κ1) is 36.7. The van der Waals surface area contributed by atoms with Gasteiger partial charge in [0, 0.05) is 16.4 Å². The van der Waals surface area contributed by atoms with E-state index in [0.717, 1.165) is 4.90 Å². The summed E-state index contributed by atoms with van der Waals surface area (Å²) in [5.74, 6) is -1.67. The van der Waals surface area contributed by atoms with E-state index in [-0.39, 0.29) is 43.3 Å². The van der Waals surface area contributed by atoms with Crippen molar-refractivity contribution in [2.45, 2.75) is 35.9 Å². The van der Waals surface area contributed by atoms with Crippen LogP contribution in [-0.2, 0) is 34.6 Å². The zero-order valence-corrected chi connectivity index (χ0v) is 29.4. The molecule has 12 nitrogen and oxygen atoms in total. The molecule has 1 saturated heterocycles. The van der Waals surface area contributed by atoms with E-state index < -0.39 is 57.3 Å². The van der Waals surface area contributed by atoms with Crippen LogP contribution in [0.3, 0.4) is 0 Å². The van der Waals surface area contributed by atoms with Gasteiger partial charge in [-0.25, -0.2) is 13.2 Å². The summed E-state index contributed by atoms with van der Waals surface area (Å²) < 4.78 is 54.0. The maximum atomic E-state index is 13.6. The summed E-state index contributed by atoms with van der Waals surface area (Å²) in [6.45, 7) is 4.39. The summed E-state index contributed by atoms with van der Waals surface area (Å²) in [6.07, 6.45) is 0. The Kier molecular flexibility index (Phi) is 12.1.